The Bertz CT molecular complexity index is 1480. The Balaban J connectivity index is 2.77. The van der Waals surface area contributed by atoms with E-state index in [-0.39, 0.29) is 12.3 Å². The second kappa shape index (κ2) is 18.0. The van der Waals surface area contributed by atoms with Crippen LogP contribution in [0.1, 0.15) is 110 Å². The van der Waals surface area contributed by atoms with Crippen molar-refractivity contribution in [2.24, 2.45) is 11.7 Å². The number of rotatable bonds is 15. The molecule has 4 amide bonds. The minimum absolute atomic E-state index is 0.141. The van der Waals surface area contributed by atoms with E-state index in [1.54, 1.807) is 47.6 Å². The van der Waals surface area contributed by atoms with E-state index >= 15 is 0 Å². The van der Waals surface area contributed by atoms with Crippen molar-refractivity contribution < 1.29 is 33.4 Å². The summed E-state index contributed by atoms with van der Waals surface area (Å²) in [6.07, 6.45) is -0.0650. The van der Waals surface area contributed by atoms with Crippen LogP contribution >= 0.6 is 0 Å². The van der Waals surface area contributed by atoms with Gasteiger partial charge in [-0.15, -0.1) is 0 Å². The number of ether oxygens (including phenoxy) is 2. The molecular formula is C39H58N4O7. The maximum Gasteiger partial charge on any atom is 0.408 e. The molecule has 0 fully saturated rings. The SMILES string of the molecule is Cc1ccc(C(C(=O)NC(Cc2ccccc2)C(=O)OC(C)(C)C)N(C(=O)C(CC(N)=O)NC(=O)OC(C)(C)C)C(C)CCC(C)C)c(C)c1. The number of primary amides is 1. The average molecular weight is 695 g/mol. The van der Waals surface area contributed by atoms with E-state index in [0.717, 1.165) is 23.1 Å². The summed E-state index contributed by atoms with van der Waals surface area (Å²) >= 11 is 0. The number of aryl methyl sites for hydroxylation is 2. The molecule has 4 atom stereocenters. The number of nitrogens with zero attached hydrogens (tertiary/aromatic N) is 1. The number of amides is 4. The Morgan fingerprint density at radius 3 is 1.92 bits per heavy atom. The van der Waals surface area contributed by atoms with E-state index < -0.39 is 71.6 Å². The molecule has 0 aromatic heterocycles. The zero-order valence-electron chi connectivity index (χ0n) is 31.7. The lowest BCUT2D eigenvalue weighted by molar-refractivity contribution is -0.159. The highest BCUT2D eigenvalue weighted by molar-refractivity contribution is 5.96. The van der Waals surface area contributed by atoms with Crippen LogP contribution < -0.4 is 16.4 Å². The van der Waals surface area contributed by atoms with E-state index in [2.05, 4.69) is 24.5 Å². The minimum atomic E-state index is -1.43. The standard InChI is InChI=1S/C39H58N4O7/c1-24(2)17-19-27(5)43(35(46)30(23-32(40)44)42-37(48)50-39(9,10)11)33(29-20-18-25(3)21-26(29)4)34(45)41-31(36(47)49-38(6,7)8)22-28-15-13-12-14-16-28/h12-16,18,20-21,24,27,30-31,33H,17,19,22-23H2,1-11H3,(H2,40,44)(H,41,45)(H,42,48). The number of hydrogen-bond donors (Lipinski definition) is 3. The van der Waals surface area contributed by atoms with Crippen LogP contribution in [0.25, 0.3) is 0 Å². The van der Waals surface area contributed by atoms with Crippen molar-refractivity contribution in [1.82, 2.24) is 15.5 Å². The van der Waals surface area contributed by atoms with Gasteiger partial charge in [-0.3, -0.25) is 14.4 Å². The molecular weight excluding hydrogens is 636 g/mol. The molecule has 0 saturated carbocycles. The van der Waals surface area contributed by atoms with Crippen molar-refractivity contribution >= 4 is 29.8 Å². The molecule has 0 spiro atoms. The van der Waals surface area contributed by atoms with E-state index in [1.165, 1.54) is 4.90 Å². The van der Waals surface area contributed by atoms with Gasteiger partial charge in [0, 0.05) is 12.5 Å². The number of nitrogens with two attached hydrogens (primary N) is 1. The summed E-state index contributed by atoms with van der Waals surface area (Å²) in [5.41, 5.74) is 6.89. The van der Waals surface area contributed by atoms with Gasteiger partial charge in [0.15, 0.2) is 0 Å². The van der Waals surface area contributed by atoms with Crippen LogP contribution in [0, 0.1) is 19.8 Å². The molecule has 0 aliphatic heterocycles. The van der Waals surface area contributed by atoms with Gasteiger partial charge >= 0.3 is 12.1 Å². The molecule has 2 aromatic carbocycles. The van der Waals surface area contributed by atoms with Gasteiger partial charge in [0.1, 0.15) is 29.3 Å². The van der Waals surface area contributed by atoms with E-state index in [0.29, 0.717) is 12.0 Å². The first-order chi connectivity index (χ1) is 23.1. The number of benzene rings is 2. The first-order valence-electron chi connectivity index (χ1n) is 17.3. The average Bonchev–Trinajstić information content (AvgIpc) is 2.96. The van der Waals surface area contributed by atoms with Crippen molar-refractivity contribution in [2.75, 3.05) is 0 Å². The lowest BCUT2D eigenvalue weighted by Gasteiger charge is -2.39. The Kier molecular flexibility index (Phi) is 15.0. The summed E-state index contributed by atoms with van der Waals surface area (Å²) in [6, 6.07) is 10.4. The van der Waals surface area contributed by atoms with Crippen molar-refractivity contribution in [3.8, 4) is 0 Å². The Hall–Kier alpha value is -4.41. The normalized spacial score (nSPS) is 14.2. The number of nitrogens with one attached hydrogen (secondary N) is 2. The summed E-state index contributed by atoms with van der Waals surface area (Å²) in [5, 5.41) is 5.46. The van der Waals surface area contributed by atoms with E-state index in [1.807, 2.05) is 63.2 Å². The number of alkyl carbamates (subject to hydrolysis) is 1. The quantitative estimate of drug-likeness (QED) is 0.198. The Morgan fingerprint density at radius 1 is 0.800 bits per heavy atom. The first-order valence-corrected chi connectivity index (χ1v) is 17.3. The van der Waals surface area contributed by atoms with Crippen molar-refractivity contribution in [3.05, 3.63) is 70.8 Å². The van der Waals surface area contributed by atoms with E-state index in [9.17, 15) is 24.0 Å². The Morgan fingerprint density at radius 2 is 1.40 bits per heavy atom. The summed E-state index contributed by atoms with van der Waals surface area (Å²) in [6.45, 7) is 20.0. The molecule has 0 bridgehead atoms. The summed E-state index contributed by atoms with van der Waals surface area (Å²) < 4.78 is 11.2. The highest BCUT2D eigenvalue weighted by Gasteiger charge is 2.41. The molecule has 276 valence electrons. The molecule has 0 saturated heterocycles. The zero-order valence-corrected chi connectivity index (χ0v) is 31.7. The molecule has 4 unspecified atom stereocenters. The fraction of sp³-hybridized carbons (Fsp3) is 0.564. The summed E-state index contributed by atoms with van der Waals surface area (Å²) in [7, 11) is 0. The lowest BCUT2D eigenvalue weighted by atomic mass is 9.93. The van der Waals surface area contributed by atoms with Crippen LogP contribution in [0.2, 0.25) is 0 Å². The number of carbonyl (C=O) groups is 5. The molecule has 0 radical (unpaired) electrons. The van der Waals surface area contributed by atoms with Gasteiger partial charge in [0.05, 0.1) is 6.42 Å². The largest absolute Gasteiger partial charge is 0.458 e. The molecule has 4 N–H and O–H groups in total. The van der Waals surface area contributed by atoms with Crippen molar-refractivity contribution in [1.29, 1.82) is 0 Å². The van der Waals surface area contributed by atoms with Crippen LogP contribution in [0.15, 0.2) is 48.5 Å². The molecule has 2 rings (SSSR count). The second-order valence-corrected chi connectivity index (χ2v) is 15.5. The highest BCUT2D eigenvalue weighted by atomic mass is 16.6. The molecule has 0 aliphatic carbocycles. The summed E-state index contributed by atoms with van der Waals surface area (Å²) in [5.74, 6) is -2.48. The molecule has 11 nitrogen and oxygen atoms in total. The van der Waals surface area contributed by atoms with Crippen molar-refractivity contribution in [2.45, 2.75) is 137 Å². The predicted molar refractivity (Wildman–Crippen MR) is 194 cm³/mol. The van der Waals surface area contributed by atoms with Gasteiger partial charge < -0.3 is 30.7 Å². The number of hydrogen-bond acceptors (Lipinski definition) is 7. The fourth-order valence-electron chi connectivity index (χ4n) is 5.56. The molecule has 0 aliphatic rings. The minimum Gasteiger partial charge on any atom is -0.458 e. The van der Waals surface area contributed by atoms with Crippen LogP contribution in [-0.2, 0) is 35.1 Å². The van der Waals surface area contributed by atoms with E-state index in [4.69, 9.17) is 15.2 Å². The smallest absolute Gasteiger partial charge is 0.408 e. The lowest BCUT2D eigenvalue weighted by Crippen LogP contribution is -2.57. The molecule has 2 aromatic rings. The maximum atomic E-state index is 14.8. The van der Waals surface area contributed by atoms with Gasteiger partial charge in [-0.1, -0.05) is 67.9 Å². The zero-order chi connectivity index (χ0) is 38.0. The topological polar surface area (TPSA) is 157 Å². The van der Waals surface area contributed by atoms with Crippen LogP contribution in [0.3, 0.4) is 0 Å². The van der Waals surface area contributed by atoms with Gasteiger partial charge in [0.2, 0.25) is 17.7 Å². The van der Waals surface area contributed by atoms with Crippen molar-refractivity contribution in [3.63, 3.8) is 0 Å². The molecule has 50 heavy (non-hydrogen) atoms. The van der Waals surface area contributed by atoms with Crippen LogP contribution in [-0.4, -0.2) is 64.0 Å². The third-order valence-electron chi connectivity index (χ3n) is 7.82. The van der Waals surface area contributed by atoms with Gasteiger partial charge in [0.25, 0.3) is 0 Å². The monoisotopic (exact) mass is 694 g/mol. The van der Waals surface area contributed by atoms with Crippen LogP contribution in [0.5, 0.6) is 0 Å². The summed E-state index contributed by atoms with van der Waals surface area (Å²) in [4.78, 5) is 69.8. The van der Waals surface area contributed by atoms with Gasteiger partial charge in [-0.05, 0) is 97.8 Å². The maximum absolute atomic E-state index is 14.8. The van der Waals surface area contributed by atoms with Gasteiger partial charge in [-0.2, -0.15) is 0 Å². The van der Waals surface area contributed by atoms with Crippen LogP contribution in [0.4, 0.5) is 4.79 Å². The Labute approximate surface area is 298 Å². The fourth-order valence-corrected chi connectivity index (χ4v) is 5.56. The molecule has 11 heteroatoms. The van der Waals surface area contributed by atoms with Gasteiger partial charge in [-0.25, -0.2) is 9.59 Å². The number of esters is 1. The first kappa shape index (κ1) is 41.8. The second-order valence-electron chi connectivity index (χ2n) is 15.5. The molecule has 0 heterocycles. The predicted octanol–water partition coefficient (Wildman–Crippen LogP) is 5.84. The third kappa shape index (κ3) is 13.8. The highest BCUT2D eigenvalue weighted by Crippen LogP contribution is 2.31. The number of carbonyl (C=O) groups excluding carboxylic acids is 5. The third-order valence-corrected chi connectivity index (χ3v) is 7.82.